The maximum Gasteiger partial charge on any atom is 0.250 e. The van der Waals surface area contributed by atoms with E-state index in [0.29, 0.717) is 0 Å². The van der Waals surface area contributed by atoms with Crippen molar-refractivity contribution in [3.63, 3.8) is 0 Å². The number of anilines is 1. The molecule has 26 heavy (non-hydrogen) atoms. The highest BCUT2D eigenvalue weighted by Gasteiger charge is 2.69. The molecular weight excluding hydrogens is 334 g/mol. The third-order valence-corrected chi connectivity index (χ3v) is 6.18. The number of nitrogens with one attached hydrogen (secondary N) is 2. The van der Waals surface area contributed by atoms with Gasteiger partial charge in [-0.3, -0.25) is 24.6 Å². The summed E-state index contributed by atoms with van der Waals surface area (Å²) in [7, 11) is 1.53. The molecule has 0 aliphatic carbocycles. The lowest BCUT2D eigenvalue weighted by molar-refractivity contribution is -0.143. The summed E-state index contributed by atoms with van der Waals surface area (Å²) in [5.41, 5.74) is 2.38. The molecule has 3 heterocycles. The van der Waals surface area contributed by atoms with Crippen LogP contribution < -0.4 is 10.6 Å². The van der Waals surface area contributed by atoms with Gasteiger partial charge in [0.05, 0.1) is 25.0 Å². The second-order valence-corrected chi connectivity index (χ2v) is 7.45. The molecule has 1 spiro atoms. The van der Waals surface area contributed by atoms with Crippen molar-refractivity contribution in [3.8, 4) is 0 Å². The molecule has 138 valence electrons. The van der Waals surface area contributed by atoms with Gasteiger partial charge in [0, 0.05) is 24.4 Å². The van der Waals surface area contributed by atoms with E-state index in [1.165, 1.54) is 12.0 Å². The van der Waals surface area contributed by atoms with Crippen molar-refractivity contribution in [2.24, 2.45) is 11.8 Å². The number of rotatable bonds is 3. The van der Waals surface area contributed by atoms with Gasteiger partial charge in [0.15, 0.2) is 0 Å². The van der Waals surface area contributed by atoms with E-state index >= 15 is 0 Å². The predicted octanol–water partition coefficient (Wildman–Crippen LogP) is 0.690. The fraction of sp³-hybridized carbons (Fsp3) is 0.526. The van der Waals surface area contributed by atoms with Crippen LogP contribution in [0.1, 0.15) is 23.6 Å². The van der Waals surface area contributed by atoms with Crippen molar-refractivity contribution in [1.29, 1.82) is 0 Å². The highest BCUT2D eigenvalue weighted by Crippen LogP contribution is 2.53. The van der Waals surface area contributed by atoms with Crippen LogP contribution in [0.15, 0.2) is 12.1 Å². The fourth-order valence-electron chi connectivity index (χ4n) is 4.74. The Labute approximate surface area is 152 Å². The SMILES string of the molecule is COCCN1C(=O)[C@@H]2C(C)NC3(C(=O)Nc4c3ccc(C)c4C)[C@@H]2C1=O. The Balaban J connectivity index is 1.85. The van der Waals surface area contributed by atoms with Crippen molar-refractivity contribution in [2.75, 3.05) is 25.6 Å². The number of hydrogen-bond acceptors (Lipinski definition) is 5. The van der Waals surface area contributed by atoms with Crippen LogP contribution in [-0.4, -0.2) is 48.9 Å². The first kappa shape index (κ1) is 17.2. The minimum atomic E-state index is -1.19. The van der Waals surface area contributed by atoms with E-state index in [1.807, 2.05) is 32.9 Å². The lowest BCUT2D eigenvalue weighted by Crippen LogP contribution is -2.53. The summed E-state index contributed by atoms with van der Waals surface area (Å²) < 4.78 is 5.03. The Hall–Kier alpha value is -2.25. The number of hydrogen-bond donors (Lipinski definition) is 2. The molecule has 4 atom stereocenters. The zero-order valence-corrected chi connectivity index (χ0v) is 15.4. The molecule has 0 bridgehead atoms. The number of likely N-dealkylation sites (tertiary alicyclic amines) is 1. The van der Waals surface area contributed by atoms with Gasteiger partial charge < -0.3 is 10.1 Å². The second-order valence-electron chi connectivity index (χ2n) is 7.45. The molecular formula is C19H23N3O4. The Kier molecular flexibility index (Phi) is 3.71. The summed E-state index contributed by atoms with van der Waals surface area (Å²) in [4.78, 5) is 40.4. The molecule has 3 aliphatic rings. The van der Waals surface area contributed by atoms with E-state index in [2.05, 4.69) is 10.6 Å². The van der Waals surface area contributed by atoms with E-state index in [1.54, 1.807) is 0 Å². The third kappa shape index (κ3) is 1.92. The smallest absolute Gasteiger partial charge is 0.250 e. The maximum atomic E-state index is 13.1. The van der Waals surface area contributed by atoms with Crippen molar-refractivity contribution < 1.29 is 19.1 Å². The maximum absolute atomic E-state index is 13.1. The second kappa shape index (κ2) is 5.62. The molecule has 2 unspecified atom stereocenters. The topological polar surface area (TPSA) is 87.7 Å². The first-order valence-electron chi connectivity index (χ1n) is 8.88. The standard InChI is InChI=1S/C19H23N3O4/c1-9-5-6-12-15(10(9)2)20-18(25)19(12)14-13(11(3)21-19)16(23)22(17(14)24)7-8-26-4/h5-6,11,13-14,21H,7-8H2,1-4H3,(H,20,25)/t11?,13-,14+,19?/m1/s1. The normalized spacial score (nSPS) is 32.4. The van der Waals surface area contributed by atoms with Gasteiger partial charge >= 0.3 is 0 Å². The van der Waals surface area contributed by atoms with E-state index in [9.17, 15) is 14.4 Å². The van der Waals surface area contributed by atoms with Crippen LogP contribution in [0.5, 0.6) is 0 Å². The summed E-state index contributed by atoms with van der Waals surface area (Å²) in [5, 5.41) is 6.27. The van der Waals surface area contributed by atoms with Crippen LogP contribution in [0.25, 0.3) is 0 Å². The summed E-state index contributed by atoms with van der Waals surface area (Å²) >= 11 is 0. The highest BCUT2D eigenvalue weighted by molar-refractivity contribution is 6.15. The Morgan fingerprint density at radius 2 is 1.92 bits per heavy atom. The number of aryl methyl sites for hydroxylation is 1. The van der Waals surface area contributed by atoms with Gasteiger partial charge in [-0.05, 0) is 31.9 Å². The number of nitrogens with zero attached hydrogens (tertiary/aromatic N) is 1. The summed E-state index contributed by atoms with van der Waals surface area (Å²) in [6.07, 6.45) is 0. The van der Waals surface area contributed by atoms with E-state index in [-0.39, 0.29) is 36.9 Å². The Morgan fingerprint density at radius 3 is 2.62 bits per heavy atom. The molecule has 2 fully saturated rings. The van der Waals surface area contributed by atoms with Crippen molar-refractivity contribution >= 4 is 23.4 Å². The lowest BCUT2D eigenvalue weighted by Gasteiger charge is -2.29. The molecule has 4 rings (SSSR count). The number of benzene rings is 1. The van der Waals surface area contributed by atoms with Crippen LogP contribution in [0, 0.1) is 25.7 Å². The minimum Gasteiger partial charge on any atom is -0.383 e. The summed E-state index contributed by atoms with van der Waals surface area (Å²) in [5.74, 6) is -2.05. The quantitative estimate of drug-likeness (QED) is 0.777. The molecule has 0 aromatic heterocycles. The Bertz CT molecular complexity index is 836. The van der Waals surface area contributed by atoms with Gasteiger partial charge in [0.2, 0.25) is 17.7 Å². The molecule has 1 aromatic rings. The van der Waals surface area contributed by atoms with Gasteiger partial charge in [0.1, 0.15) is 5.54 Å². The fourth-order valence-corrected chi connectivity index (χ4v) is 4.74. The molecule has 0 radical (unpaired) electrons. The predicted molar refractivity (Wildman–Crippen MR) is 94.4 cm³/mol. The molecule has 2 N–H and O–H groups in total. The van der Waals surface area contributed by atoms with Crippen LogP contribution in [-0.2, 0) is 24.7 Å². The number of imide groups is 1. The number of amides is 3. The highest BCUT2D eigenvalue weighted by atomic mass is 16.5. The van der Waals surface area contributed by atoms with E-state index in [4.69, 9.17) is 4.74 Å². The first-order valence-corrected chi connectivity index (χ1v) is 8.88. The van der Waals surface area contributed by atoms with Crippen LogP contribution >= 0.6 is 0 Å². The third-order valence-electron chi connectivity index (χ3n) is 6.18. The molecule has 7 heteroatoms. The van der Waals surface area contributed by atoms with Crippen LogP contribution in [0.2, 0.25) is 0 Å². The van der Waals surface area contributed by atoms with Crippen molar-refractivity contribution in [1.82, 2.24) is 10.2 Å². The van der Waals surface area contributed by atoms with Gasteiger partial charge in [-0.1, -0.05) is 12.1 Å². The van der Waals surface area contributed by atoms with Gasteiger partial charge in [-0.25, -0.2) is 0 Å². The average Bonchev–Trinajstić information content (AvgIpc) is 3.16. The van der Waals surface area contributed by atoms with Crippen LogP contribution in [0.4, 0.5) is 5.69 Å². The summed E-state index contributed by atoms with van der Waals surface area (Å²) in [6, 6.07) is 3.58. The molecule has 3 amide bonds. The van der Waals surface area contributed by atoms with Gasteiger partial charge in [-0.15, -0.1) is 0 Å². The Morgan fingerprint density at radius 1 is 1.19 bits per heavy atom. The first-order chi connectivity index (χ1) is 12.3. The zero-order valence-electron chi connectivity index (χ0n) is 15.4. The minimum absolute atomic E-state index is 0.214. The summed E-state index contributed by atoms with van der Waals surface area (Å²) in [6.45, 7) is 6.30. The van der Waals surface area contributed by atoms with E-state index < -0.39 is 17.4 Å². The van der Waals surface area contributed by atoms with E-state index in [0.717, 1.165) is 22.4 Å². The van der Waals surface area contributed by atoms with Gasteiger partial charge in [0.25, 0.3) is 0 Å². The van der Waals surface area contributed by atoms with Crippen molar-refractivity contribution in [3.05, 3.63) is 28.8 Å². The lowest BCUT2D eigenvalue weighted by atomic mass is 9.76. The van der Waals surface area contributed by atoms with Gasteiger partial charge in [-0.2, -0.15) is 0 Å². The van der Waals surface area contributed by atoms with Crippen LogP contribution in [0.3, 0.4) is 0 Å². The molecule has 3 aliphatic heterocycles. The number of methoxy groups -OCH3 is 1. The molecule has 0 saturated carbocycles. The number of fused-ring (bicyclic) bond motifs is 4. The number of carbonyl (C=O) groups excluding carboxylic acids is 3. The molecule has 7 nitrogen and oxygen atoms in total. The largest absolute Gasteiger partial charge is 0.383 e. The zero-order chi connectivity index (χ0) is 18.8. The molecule has 1 aromatic carbocycles. The monoisotopic (exact) mass is 357 g/mol. The number of ether oxygens (including phenoxy) is 1. The number of carbonyl (C=O) groups is 3. The van der Waals surface area contributed by atoms with Crippen molar-refractivity contribution in [2.45, 2.75) is 32.4 Å². The average molecular weight is 357 g/mol. The molecule has 2 saturated heterocycles.